The van der Waals surface area contributed by atoms with Gasteiger partial charge >= 0.3 is 0 Å². The van der Waals surface area contributed by atoms with Crippen molar-refractivity contribution in [3.8, 4) is 0 Å². The summed E-state index contributed by atoms with van der Waals surface area (Å²) in [7, 11) is -1.26. The monoisotopic (exact) mass is 421 g/mol. The zero-order chi connectivity index (χ0) is 17.1. The highest BCUT2D eigenvalue weighted by molar-refractivity contribution is 7.88. The summed E-state index contributed by atoms with van der Waals surface area (Å²) < 4.78 is 0. The van der Waals surface area contributed by atoms with Crippen molar-refractivity contribution in [1.29, 1.82) is 0 Å². The van der Waals surface area contributed by atoms with Crippen molar-refractivity contribution in [1.82, 2.24) is 0 Å². The third kappa shape index (κ3) is 7.21. The Balaban J connectivity index is 0.00000312. The molecule has 2 aromatic rings. The predicted octanol–water partition coefficient (Wildman–Crippen LogP) is 1.98. The number of hydrogen-bond acceptors (Lipinski definition) is 1. The molecule has 0 spiro atoms. The second-order valence-corrected chi connectivity index (χ2v) is 10.7. The molecule has 25 heavy (non-hydrogen) atoms. The standard InChI is InChI=1S/C22H33NP.BrH/c1-24(21-15-9-7-10-16-21,22-17-11-8-12-18-22)20-14-6-4-2-3-5-13-19-23;/h7-12,15-18H,2-6,13-14,19-20,23H2,1H3;1H/q+1;/p-1. The van der Waals surface area contributed by atoms with Gasteiger partial charge in [0, 0.05) is 0 Å². The molecule has 0 amide bonds. The highest BCUT2D eigenvalue weighted by atomic mass is 79.9. The minimum absolute atomic E-state index is 0. The van der Waals surface area contributed by atoms with Crippen molar-refractivity contribution >= 4 is 17.9 Å². The van der Waals surface area contributed by atoms with E-state index in [1.165, 1.54) is 51.1 Å². The molecule has 0 aliphatic heterocycles. The Morgan fingerprint density at radius 1 is 0.640 bits per heavy atom. The van der Waals surface area contributed by atoms with Crippen molar-refractivity contribution < 1.29 is 17.0 Å². The number of benzene rings is 2. The number of rotatable bonds is 11. The van der Waals surface area contributed by atoms with Crippen LogP contribution in [0.5, 0.6) is 0 Å². The Morgan fingerprint density at radius 2 is 1.04 bits per heavy atom. The van der Waals surface area contributed by atoms with Crippen molar-refractivity contribution in [3.05, 3.63) is 60.7 Å². The Morgan fingerprint density at radius 3 is 1.48 bits per heavy atom. The number of halogens is 1. The molecule has 0 heterocycles. The fourth-order valence-corrected chi connectivity index (χ4v) is 6.71. The summed E-state index contributed by atoms with van der Waals surface area (Å²) in [5, 5.41) is 3.08. The van der Waals surface area contributed by atoms with Gasteiger partial charge in [-0.05, 0) is 50.1 Å². The lowest BCUT2D eigenvalue weighted by molar-refractivity contribution is -0.00000507. The van der Waals surface area contributed by atoms with Gasteiger partial charge in [-0.3, -0.25) is 0 Å². The van der Waals surface area contributed by atoms with Crippen LogP contribution in [0.1, 0.15) is 44.9 Å². The van der Waals surface area contributed by atoms with Crippen molar-refractivity contribution in [3.63, 3.8) is 0 Å². The molecule has 138 valence electrons. The topological polar surface area (TPSA) is 26.0 Å². The Labute approximate surface area is 165 Å². The molecule has 0 aliphatic rings. The summed E-state index contributed by atoms with van der Waals surface area (Å²) in [6, 6.07) is 22.3. The van der Waals surface area contributed by atoms with Gasteiger partial charge in [-0.15, -0.1) is 0 Å². The largest absolute Gasteiger partial charge is 1.00 e. The Kier molecular flexibility index (Phi) is 11.3. The fraction of sp³-hybridized carbons (Fsp3) is 0.455. The number of nitrogens with two attached hydrogens (primary N) is 1. The van der Waals surface area contributed by atoms with Crippen LogP contribution in [0, 0.1) is 0 Å². The lowest BCUT2D eigenvalue weighted by atomic mass is 10.1. The van der Waals surface area contributed by atoms with E-state index in [2.05, 4.69) is 67.3 Å². The van der Waals surface area contributed by atoms with E-state index in [1.54, 1.807) is 10.6 Å². The average molecular weight is 422 g/mol. The average Bonchev–Trinajstić information content (AvgIpc) is 2.65. The molecular weight excluding hydrogens is 389 g/mol. The molecule has 0 saturated heterocycles. The molecule has 0 bridgehead atoms. The lowest BCUT2D eigenvalue weighted by Crippen LogP contribution is -3.00. The summed E-state index contributed by atoms with van der Waals surface area (Å²) in [6.07, 6.45) is 10.6. The van der Waals surface area contributed by atoms with Gasteiger partial charge in [0.1, 0.15) is 0 Å². The fourth-order valence-electron chi connectivity index (χ4n) is 3.38. The Hall–Kier alpha value is -0.690. The molecule has 0 unspecified atom stereocenters. The molecule has 0 aliphatic carbocycles. The van der Waals surface area contributed by atoms with Crippen LogP contribution in [-0.4, -0.2) is 19.4 Å². The number of unbranched alkanes of at least 4 members (excludes halogenated alkanes) is 6. The molecule has 3 heteroatoms. The van der Waals surface area contributed by atoms with E-state index in [0.717, 1.165) is 6.54 Å². The van der Waals surface area contributed by atoms with Gasteiger partial charge in [0.25, 0.3) is 0 Å². The van der Waals surface area contributed by atoms with E-state index in [-0.39, 0.29) is 17.0 Å². The quantitative estimate of drug-likeness (QED) is 0.435. The first-order valence-corrected chi connectivity index (χ1v) is 11.9. The van der Waals surface area contributed by atoms with Crippen LogP contribution in [0.3, 0.4) is 0 Å². The lowest BCUT2D eigenvalue weighted by Gasteiger charge is -2.23. The van der Waals surface area contributed by atoms with Gasteiger partial charge in [0.15, 0.2) is 0 Å². The molecule has 0 aromatic heterocycles. The molecule has 2 aromatic carbocycles. The van der Waals surface area contributed by atoms with E-state index < -0.39 is 7.26 Å². The molecule has 0 saturated carbocycles. The molecular formula is C22H33BrNP. The Bertz CT molecular complexity index is 519. The van der Waals surface area contributed by atoms with Gasteiger partial charge in [-0.1, -0.05) is 62.1 Å². The van der Waals surface area contributed by atoms with E-state index >= 15 is 0 Å². The highest BCUT2D eigenvalue weighted by Gasteiger charge is 2.36. The molecule has 0 atom stereocenters. The highest BCUT2D eigenvalue weighted by Crippen LogP contribution is 2.53. The minimum atomic E-state index is -1.26. The zero-order valence-electron chi connectivity index (χ0n) is 15.5. The van der Waals surface area contributed by atoms with Crippen molar-refractivity contribution in [2.45, 2.75) is 44.9 Å². The summed E-state index contributed by atoms with van der Waals surface area (Å²) in [6.45, 7) is 3.36. The SMILES string of the molecule is C[P+](CCCCCCCCCN)(c1ccccc1)c1ccccc1.[Br-]. The van der Waals surface area contributed by atoms with E-state index in [9.17, 15) is 0 Å². The molecule has 1 nitrogen and oxygen atoms in total. The van der Waals surface area contributed by atoms with Crippen LogP contribution < -0.4 is 33.3 Å². The second-order valence-electron chi connectivity index (χ2n) is 6.85. The van der Waals surface area contributed by atoms with Gasteiger partial charge in [-0.2, -0.15) is 0 Å². The summed E-state index contributed by atoms with van der Waals surface area (Å²) in [4.78, 5) is 0. The molecule has 0 radical (unpaired) electrons. The van der Waals surface area contributed by atoms with Crippen molar-refractivity contribution in [2.75, 3.05) is 19.4 Å². The summed E-state index contributed by atoms with van der Waals surface area (Å²) in [5.74, 6) is 0. The maximum Gasteiger partial charge on any atom is 0.0988 e. The number of hydrogen-bond donors (Lipinski definition) is 1. The predicted molar refractivity (Wildman–Crippen MR) is 111 cm³/mol. The van der Waals surface area contributed by atoms with Gasteiger partial charge in [0.2, 0.25) is 0 Å². The minimum Gasteiger partial charge on any atom is -1.00 e. The molecule has 2 N–H and O–H groups in total. The van der Waals surface area contributed by atoms with Crippen LogP contribution >= 0.6 is 7.26 Å². The van der Waals surface area contributed by atoms with E-state index in [1.807, 2.05) is 0 Å². The third-order valence-corrected chi connectivity index (χ3v) is 9.05. The molecule has 0 fully saturated rings. The summed E-state index contributed by atoms with van der Waals surface area (Å²) in [5.41, 5.74) is 5.55. The van der Waals surface area contributed by atoms with Crippen LogP contribution in [0.25, 0.3) is 0 Å². The zero-order valence-corrected chi connectivity index (χ0v) is 18.0. The van der Waals surface area contributed by atoms with Gasteiger partial charge < -0.3 is 22.7 Å². The van der Waals surface area contributed by atoms with Crippen molar-refractivity contribution in [2.24, 2.45) is 5.73 Å². The first-order chi connectivity index (χ1) is 11.8. The smallest absolute Gasteiger partial charge is 0.0988 e. The van der Waals surface area contributed by atoms with Gasteiger partial charge in [0.05, 0.1) is 30.7 Å². The van der Waals surface area contributed by atoms with Crippen LogP contribution in [0.15, 0.2) is 60.7 Å². The first-order valence-electron chi connectivity index (χ1n) is 9.44. The maximum atomic E-state index is 5.55. The second kappa shape index (κ2) is 12.6. The van der Waals surface area contributed by atoms with Crippen LogP contribution in [0.4, 0.5) is 0 Å². The van der Waals surface area contributed by atoms with Crippen LogP contribution in [0.2, 0.25) is 0 Å². The van der Waals surface area contributed by atoms with Crippen LogP contribution in [-0.2, 0) is 0 Å². The normalized spacial score (nSPS) is 11.1. The third-order valence-electron chi connectivity index (χ3n) is 4.96. The molecule has 2 rings (SSSR count). The first kappa shape index (κ1) is 22.4. The van der Waals surface area contributed by atoms with E-state index in [0.29, 0.717) is 0 Å². The summed E-state index contributed by atoms with van der Waals surface area (Å²) >= 11 is 0. The van der Waals surface area contributed by atoms with E-state index in [4.69, 9.17) is 5.73 Å². The maximum absolute atomic E-state index is 5.55. The van der Waals surface area contributed by atoms with Gasteiger partial charge in [-0.25, -0.2) is 0 Å².